The first-order chi connectivity index (χ1) is 6.59. The number of rotatable bonds is 3. The smallest absolute Gasteiger partial charge is 0.0473 e. The minimum atomic E-state index is 0.146. The normalized spacial score (nSPS) is 27.4. The Bertz CT molecular complexity index is 289. The van der Waals surface area contributed by atoms with E-state index >= 15 is 0 Å². The standard InChI is InChI=1S/C12H19NS/c1-9-6-7-10(9)13-12(2,3)11-5-4-8-14-11/h4-5,8-10,13H,6-7H2,1-3H3. The van der Waals surface area contributed by atoms with E-state index in [1.807, 2.05) is 11.3 Å². The first kappa shape index (κ1) is 10.2. The zero-order valence-electron chi connectivity index (χ0n) is 9.21. The fourth-order valence-corrected chi connectivity index (χ4v) is 2.86. The second kappa shape index (κ2) is 3.67. The summed E-state index contributed by atoms with van der Waals surface area (Å²) in [6.45, 7) is 6.90. The molecule has 2 heteroatoms. The van der Waals surface area contributed by atoms with Gasteiger partial charge in [-0.3, -0.25) is 0 Å². The van der Waals surface area contributed by atoms with Gasteiger partial charge in [0.25, 0.3) is 0 Å². The predicted molar refractivity (Wildman–Crippen MR) is 62.7 cm³/mol. The third kappa shape index (κ3) is 1.86. The Morgan fingerprint density at radius 3 is 2.64 bits per heavy atom. The van der Waals surface area contributed by atoms with Crippen molar-refractivity contribution in [3.63, 3.8) is 0 Å². The molecular weight excluding hydrogens is 190 g/mol. The minimum Gasteiger partial charge on any atom is -0.304 e. The molecule has 0 spiro atoms. The molecule has 1 saturated carbocycles. The van der Waals surface area contributed by atoms with Gasteiger partial charge in [-0.05, 0) is 44.1 Å². The quantitative estimate of drug-likeness (QED) is 0.805. The summed E-state index contributed by atoms with van der Waals surface area (Å²) in [5, 5.41) is 5.91. The van der Waals surface area contributed by atoms with Crippen LogP contribution >= 0.6 is 11.3 Å². The summed E-state index contributed by atoms with van der Waals surface area (Å²) in [5.41, 5.74) is 0.146. The average Bonchev–Trinajstić information content (AvgIpc) is 2.65. The van der Waals surface area contributed by atoms with E-state index in [2.05, 4.69) is 43.6 Å². The Morgan fingerprint density at radius 2 is 2.21 bits per heavy atom. The lowest BCUT2D eigenvalue weighted by atomic mass is 9.79. The molecule has 0 saturated heterocycles. The first-order valence-electron chi connectivity index (χ1n) is 5.41. The van der Waals surface area contributed by atoms with Gasteiger partial charge in [-0.25, -0.2) is 0 Å². The number of hydrogen-bond acceptors (Lipinski definition) is 2. The average molecular weight is 209 g/mol. The van der Waals surface area contributed by atoms with Gasteiger partial charge in [0.15, 0.2) is 0 Å². The van der Waals surface area contributed by atoms with Crippen molar-refractivity contribution in [2.45, 2.75) is 45.2 Å². The molecule has 1 heterocycles. The van der Waals surface area contributed by atoms with E-state index in [4.69, 9.17) is 0 Å². The predicted octanol–water partition coefficient (Wildman–Crippen LogP) is 3.37. The van der Waals surface area contributed by atoms with E-state index < -0.39 is 0 Å². The van der Waals surface area contributed by atoms with Crippen LogP contribution in [0.3, 0.4) is 0 Å². The molecule has 2 atom stereocenters. The molecule has 1 aliphatic rings. The zero-order valence-corrected chi connectivity index (χ0v) is 10.0. The molecule has 1 N–H and O–H groups in total. The molecule has 2 unspecified atom stereocenters. The van der Waals surface area contributed by atoms with Gasteiger partial charge in [0.2, 0.25) is 0 Å². The SMILES string of the molecule is CC1CCC1NC(C)(C)c1cccs1. The van der Waals surface area contributed by atoms with Gasteiger partial charge in [-0.2, -0.15) is 0 Å². The third-order valence-electron chi connectivity index (χ3n) is 3.30. The van der Waals surface area contributed by atoms with Gasteiger partial charge in [-0.15, -0.1) is 11.3 Å². The van der Waals surface area contributed by atoms with Crippen molar-refractivity contribution in [3.05, 3.63) is 22.4 Å². The second-order valence-electron chi connectivity index (χ2n) is 4.91. The van der Waals surface area contributed by atoms with E-state index in [0.29, 0.717) is 0 Å². The van der Waals surface area contributed by atoms with Crippen LogP contribution < -0.4 is 5.32 Å². The lowest BCUT2D eigenvalue weighted by Gasteiger charge is -2.41. The summed E-state index contributed by atoms with van der Waals surface area (Å²) < 4.78 is 0. The summed E-state index contributed by atoms with van der Waals surface area (Å²) in [6, 6.07) is 5.08. The Hall–Kier alpha value is -0.340. The molecular formula is C12H19NS. The monoisotopic (exact) mass is 209 g/mol. The van der Waals surface area contributed by atoms with Crippen molar-refractivity contribution >= 4 is 11.3 Å². The summed E-state index contributed by atoms with van der Waals surface area (Å²) in [4.78, 5) is 1.44. The molecule has 2 rings (SSSR count). The maximum absolute atomic E-state index is 3.76. The summed E-state index contributed by atoms with van der Waals surface area (Å²) in [5.74, 6) is 0.856. The fourth-order valence-electron chi connectivity index (χ4n) is 2.05. The van der Waals surface area contributed by atoms with Gasteiger partial charge >= 0.3 is 0 Å². The van der Waals surface area contributed by atoms with Crippen LogP contribution in [0.15, 0.2) is 17.5 Å². The highest BCUT2D eigenvalue weighted by Crippen LogP contribution is 2.32. The zero-order chi connectivity index (χ0) is 10.2. The van der Waals surface area contributed by atoms with Crippen molar-refractivity contribution in [1.82, 2.24) is 5.32 Å². The van der Waals surface area contributed by atoms with Gasteiger partial charge in [-0.1, -0.05) is 13.0 Å². The molecule has 1 aromatic rings. The molecule has 78 valence electrons. The minimum absolute atomic E-state index is 0.146. The van der Waals surface area contributed by atoms with Crippen molar-refractivity contribution in [3.8, 4) is 0 Å². The summed E-state index contributed by atoms with van der Waals surface area (Å²) in [6.07, 6.45) is 2.73. The van der Waals surface area contributed by atoms with Gasteiger partial charge < -0.3 is 5.32 Å². The highest BCUT2D eigenvalue weighted by atomic mass is 32.1. The molecule has 0 bridgehead atoms. The molecule has 0 radical (unpaired) electrons. The van der Waals surface area contributed by atoms with Crippen LogP contribution in [0.4, 0.5) is 0 Å². The fraction of sp³-hybridized carbons (Fsp3) is 0.667. The molecule has 0 aromatic carbocycles. The van der Waals surface area contributed by atoms with Crippen LogP contribution in [-0.4, -0.2) is 6.04 Å². The molecule has 0 aliphatic heterocycles. The van der Waals surface area contributed by atoms with Crippen molar-refractivity contribution in [2.24, 2.45) is 5.92 Å². The third-order valence-corrected chi connectivity index (χ3v) is 4.50. The van der Waals surface area contributed by atoms with Crippen LogP contribution in [0.2, 0.25) is 0 Å². The van der Waals surface area contributed by atoms with E-state index in [1.165, 1.54) is 17.7 Å². The van der Waals surface area contributed by atoms with Crippen LogP contribution in [0.5, 0.6) is 0 Å². The van der Waals surface area contributed by atoms with Gasteiger partial charge in [0.05, 0.1) is 0 Å². The topological polar surface area (TPSA) is 12.0 Å². The Labute approximate surface area is 90.5 Å². The highest BCUT2D eigenvalue weighted by molar-refractivity contribution is 7.10. The van der Waals surface area contributed by atoms with Crippen molar-refractivity contribution in [1.29, 1.82) is 0 Å². The number of nitrogens with one attached hydrogen (secondary N) is 1. The summed E-state index contributed by atoms with van der Waals surface area (Å²) in [7, 11) is 0. The second-order valence-corrected chi connectivity index (χ2v) is 5.86. The largest absolute Gasteiger partial charge is 0.304 e. The number of hydrogen-bond donors (Lipinski definition) is 1. The highest BCUT2D eigenvalue weighted by Gasteiger charge is 2.32. The van der Waals surface area contributed by atoms with Gasteiger partial charge in [0.1, 0.15) is 0 Å². The molecule has 1 nitrogen and oxygen atoms in total. The molecule has 0 amide bonds. The van der Waals surface area contributed by atoms with Crippen LogP contribution in [0.1, 0.15) is 38.5 Å². The van der Waals surface area contributed by atoms with Crippen molar-refractivity contribution in [2.75, 3.05) is 0 Å². The first-order valence-corrected chi connectivity index (χ1v) is 6.29. The lowest BCUT2D eigenvalue weighted by Crippen LogP contribution is -2.50. The maximum atomic E-state index is 3.76. The van der Waals surface area contributed by atoms with E-state index in [9.17, 15) is 0 Å². The van der Waals surface area contributed by atoms with Gasteiger partial charge in [0, 0.05) is 16.5 Å². The summed E-state index contributed by atoms with van der Waals surface area (Å²) >= 11 is 1.85. The molecule has 1 fully saturated rings. The Kier molecular flexibility index (Phi) is 2.67. The van der Waals surface area contributed by atoms with Crippen LogP contribution in [-0.2, 0) is 5.54 Å². The van der Waals surface area contributed by atoms with Crippen LogP contribution in [0, 0.1) is 5.92 Å². The molecule has 1 aliphatic carbocycles. The van der Waals surface area contributed by atoms with E-state index in [0.717, 1.165) is 12.0 Å². The molecule has 14 heavy (non-hydrogen) atoms. The van der Waals surface area contributed by atoms with E-state index in [1.54, 1.807) is 0 Å². The van der Waals surface area contributed by atoms with Crippen LogP contribution in [0.25, 0.3) is 0 Å². The Morgan fingerprint density at radius 1 is 1.43 bits per heavy atom. The van der Waals surface area contributed by atoms with Crippen molar-refractivity contribution < 1.29 is 0 Å². The molecule has 1 aromatic heterocycles. The number of thiophene rings is 1. The lowest BCUT2D eigenvalue weighted by molar-refractivity contribution is 0.181. The maximum Gasteiger partial charge on any atom is 0.0473 e. The Balaban J connectivity index is 2.02. The van der Waals surface area contributed by atoms with E-state index in [-0.39, 0.29) is 5.54 Å².